The van der Waals surface area contributed by atoms with Gasteiger partial charge in [-0.2, -0.15) is 0 Å². The smallest absolute Gasteiger partial charge is 0.227 e. The van der Waals surface area contributed by atoms with Crippen LogP contribution in [0.1, 0.15) is 19.4 Å². The van der Waals surface area contributed by atoms with E-state index in [2.05, 4.69) is 5.32 Å². The second-order valence-electron chi connectivity index (χ2n) is 4.36. The first-order valence-electron chi connectivity index (χ1n) is 5.19. The maximum atomic E-state index is 13.2. The molecular formula is C12H17FN2O. The number of carbonyl (C=O) groups excluding carboxylic acids is 1. The van der Waals surface area contributed by atoms with E-state index in [1.807, 2.05) is 0 Å². The molecule has 3 nitrogen and oxygen atoms in total. The fourth-order valence-corrected chi connectivity index (χ4v) is 1.15. The van der Waals surface area contributed by atoms with Gasteiger partial charge < -0.3 is 11.1 Å². The molecule has 1 aromatic rings. The molecule has 0 radical (unpaired) electrons. The summed E-state index contributed by atoms with van der Waals surface area (Å²) >= 11 is 0. The molecule has 0 bridgehead atoms. The van der Waals surface area contributed by atoms with Crippen molar-refractivity contribution in [1.29, 1.82) is 0 Å². The molecule has 1 amide bonds. The van der Waals surface area contributed by atoms with E-state index in [1.54, 1.807) is 32.0 Å². The van der Waals surface area contributed by atoms with Gasteiger partial charge in [-0.25, -0.2) is 4.39 Å². The van der Waals surface area contributed by atoms with Crippen LogP contribution >= 0.6 is 0 Å². The zero-order valence-corrected chi connectivity index (χ0v) is 9.59. The molecule has 0 aliphatic carbocycles. The van der Waals surface area contributed by atoms with Gasteiger partial charge in [-0.3, -0.25) is 4.79 Å². The van der Waals surface area contributed by atoms with Crippen LogP contribution in [0.3, 0.4) is 0 Å². The van der Waals surface area contributed by atoms with Gasteiger partial charge in [-0.15, -0.1) is 0 Å². The third kappa shape index (κ3) is 3.03. The van der Waals surface area contributed by atoms with E-state index in [1.165, 1.54) is 6.07 Å². The topological polar surface area (TPSA) is 55.1 Å². The van der Waals surface area contributed by atoms with Gasteiger partial charge in [-0.1, -0.05) is 18.2 Å². The van der Waals surface area contributed by atoms with Crippen LogP contribution in [0.4, 0.5) is 4.39 Å². The fourth-order valence-electron chi connectivity index (χ4n) is 1.15. The third-order valence-corrected chi connectivity index (χ3v) is 2.52. The number of rotatable bonds is 4. The van der Waals surface area contributed by atoms with Crippen LogP contribution in [-0.4, -0.2) is 12.5 Å². The first-order chi connectivity index (χ1) is 7.47. The Morgan fingerprint density at radius 3 is 2.62 bits per heavy atom. The molecule has 3 N–H and O–H groups in total. The Morgan fingerprint density at radius 2 is 2.06 bits per heavy atom. The number of halogens is 1. The van der Waals surface area contributed by atoms with Crippen molar-refractivity contribution in [2.45, 2.75) is 20.4 Å². The van der Waals surface area contributed by atoms with Crippen LogP contribution in [0.5, 0.6) is 0 Å². The minimum absolute atomic E-state index is 0.168. The zero-order chi connectivity index (χ0) is 12.2. The highest BCUT2D eigenvalue weighted by Crippen LogP contribution is 2.13. The number of carbonyl (C=O) groups is 1. The average molecular weight is 224 g/mol. The van der Waals surface area contributed by atoms with Gasteiger partial charge in [0.2, 0.25) is 5.91 Å². The van der Waals surface area contributed by atoms with Gasteiger partial charge in [-0.05, 0) is 19.9 Å². The predicted octanol–water partition coefficient (Wildman–Crippen LogP) is 1.43. The van der Waals surface area contributed by atoms with E-state index in [0.717, 1.165) is 0 Å². The maximum Gasteiger partial charge on any atom is 0.227 e. The van der Waals surface area contributed by atoms with Crippen molar-refractivity contribution in [3.63, 3.8) is 0 Å². The van der Waals surface area contributed by atoms with Crippen LogP contribution in [0.2, 0.25) is 0 Å². The molecule has 0 aliphatic heterocycles. The van der Waals surface area contributed by atoms with Crippen LogP contribution < -0.4 is 11.1 Å². The van der Waals surface area contributed by atoms with Crippen molar-refractivity contribution in [1.82, 2.24) is 5.32 Å². The zero-order valence-electron chi connectivity index (χ0n) is 9.59. The predicted molar refractivity (Wildman–Crippen MR) is 61.1 cm³/mol. The Morgan fingerprint density at radius 1 is 1.44 bits per heavy atom. The summed E-state index contributed by atoms with van der Waals surface area (Å²) in [6, 6.07) is 6.36. The van der Waals surface area contributed by atoms with E-state index in [-0.39, 0.29) is 24.8 Å². The third-order valence-electron chi connectivity index (χ3n) is 2.52. The van der Waals surface area contributed by atoms with E-state index in [0.29, 0.717) is 5.56 Å². The summed E-state index contributed by atoms with van der Waals surface area (Å²) in [5.41, 5.74) is 5.33. The minimum atomic E-state index is -0.620. The average Bonchev–Trinajstić information content (AvgIpc) is 2.27. The summed E-state index contributed by atoms with van der Waals surface area (Å²) in [5.74, 6) is -0.480. The number of hydrogen-bond donors (Lipinski definition) is 2. The van der Waals surface area contributed by atoms with Crippen molar-refractivity contribution in [2.75, 3.05) is 6.54 Å². The number of hydrogen-bond acceptors (Lipinski definition) is 2. The van der Waals surface area contributed by atoms with E-state index in [4.69, 9.17) is 5.73 Å². The molecule has 0 fully saturated rings. The van der Waals surface area contributed by atoms with Crippen molar-refractivity contribution in [3.05, 3.63) is 35.6 Å². The van der Waals surface area contributed by atoms with Crippen LogP contribution in [0.25, 0.3) is 0 Å². The number of benzene rings is 1. The molecule has 4 heteroatoms. The van der Waals surface area contributed by atoms with Gasteiger partial charge in [0.15, 0.2) is 0 Å². The fraction of sp³-hybridized carbons (Fsp3) is 0.417. The lowest BCUT2D eigenvalue weighted by atomic mass is 9.92. The quantitative estimate of drug-likeness (QED) is 0.812. The highest BCUT2D eigenvalue weighted by molar-refractivity contribution is 5.81. The monoisotopic (exact) mass is 224 g/mol. The molecule has 0 aliphatic rings. The number of nitrogens with two attached hydrogens (primary N) is 1. The Bertz CT molecular complexity index is 377. The summed E-state index contributed by atoms with van der Waals surface area (Å²) in [6.45, 7) is 3.96. The molecule has 0 atom stereocenters. The van der Waals surface area contributed by atoms with E-state index < -0.39 is 5.41 Å². The summed E-state index contributed by atoms with van der Waals surface area (Å²) in [6.07, 6.45) is 0. The van der Waals surface area contributed by atoms with E-state index in [9.17, 15) is 9.18 Å². The lowest BCUT2D eigenvalue weighted by Crippen LogP contribution is -2.41. The Hall–Kier alpha value is -1.42. The van der Waals surface area contributed by atoms with Crippen LogP contribution in [0.15, 0.2) is 24.3 Å². The lowest BCUT2D eigenvalue weighted by molar-refractivity contribution is -0.129. The second kappa shape index (κ2) is 5.07. The van der Waals surface area contributed by atoms with Crippen molar-refractivity contribution in [3.8, 4) is 0 Å². The molecule has 0 saturated carbocycles. The summed E-state index contributed by atoms with van der Waals surface area (Å²) in [7, 11) is 0. The Balaban J connectivity index is 2.59. The van der Waals surface area contributed by atoms with Gasteiger partial charge in [0, 0.05) is 18.7 Å². The normalized spacial score (nSPS) is 11.2. The van der Waals surface area contributed by atoms with Crippen molar-refractivity contribution >= 4 is 5.91 Å². The molecule has 0 saturated heterocycles. The Kier molecular flexibility index (Phi) is 4.01. The molecule has 0 heterocycles. The second-order valence-corrected chi connectivity index (χ2v) is 4.36. The summed E-state index contributed by atoms with van der Waals surface area (Å²) in [4.78, 5) is 11.7. The van der Waals surface area contributed by atoms with Gasteiger partial charge in [0.25, 0.3) is 0 Å². The van der Waals surface area contributed by atoms with E-state index >= 15 is 0 Å². The summed E-state index contributed by atoms with van der Waals surface area (Å²) < 4.78 is 13.2. The molecule has 0 aromatic heterocycles. The standard InChI is InChI=1S/C12H17FN2O/c1-12(2,8-14)11(16)15-7-9-5-3-4-6-10(9)13/h3-6H,7-8,14H2,1-2H3,(H,15,16). The van der Waals surface area contributed by atoms with Gasteiger partial charge >= 0.3 is 0 Å². The van der Waals surface area contributed by atoms with Gasteiger partial charge in [0.05, 0.1) is 5.41 Å². The molecule has 0 unspecified atom stereocenters. The van der Waals surface area contributed by atoms with Crippen LogP contribution in [-0.2, 0) is 11.3 Å². The molecule has 0 spiro atoms. The minimum Gasteiger partial charge on any atom is -0.351 e. The molecule has 1 aromatic carbocycles. The molecule has 1 rings (SSSR count). The van der Waals surface area contributed by atoms with Crippen molar-refractivity contribution < 1.29 is 9.18 Å². The lowest BCUT2D eigenvalue weighted by Gasteiger charge is -2.21. The molecular weight excluding hydrogens is 207 g/mol. The maximum absolute atomic E-state index is 13.2. The first-order valence-corrected chi connectivity index (χ1v) is 5.19. The summed E-state index contributed by atoms with van der Waals surface area (Å²) in [5, 5.41) is 2.67. The Labute approximate surface area is 94.8 Å². The molecule has 88 valence electrons. The van der Waals surface area contributed by atoms with Gasteiger partial charge in [0.1, 0.15) is 5.82 Å². The highest BCUT2D eigenvalue weighted by atomic mass is 19.1. The van der Waals surface area contributed by atoms with Crippen molar-refractivity contribution in [2.24, 2.45) is 11.1 Å². The number of nitrogens with one attached hydrogen (secondary N) is 1. The largest absolute Gasteiger partial charge is 0.351 e. The highest BCUT2D eigenvalue weighted by Gasteiger charge is 2.25. The van der Waals surface area contributed by atoms with Crippen LogP contribution in [0, 0.1) is 11.2 Å². The number of amides is 1. The molecule has 16 heavy (non-hydrogen) atoms. The first kappa shape index (κ1) is 12.6. The SMILES string of the molecule is CC(C)(CN)C(=O)NCc1ccccc1F.